The predicted molar refractivity (Wildman–Crippen MR) is 73.5 cm³/mol. The Morgan fingerprint density at radius 2 is 1.85 bits per heavy atom. The van der Waals surface area contributed by atoms with E-state index in [1.54, 1.807) is 12.1 Å². The third-order valence-electron chi connectivity index (χ3n) is 2.77. The van der Waals surface area contributed by atoms with E-state index in [1.807, 2.05) is 13.8 Å². The summed E-state index contributed by atoms with van der Waals surface area (Å²) in [6, 6.07) is 5.05. The molecule has 0 radical (unpaired) electrons. The van der Waals surface area contributed by atoms with E-state index in [2.05, 4.69) is 10.1 Å². The molecule has 0 heterocycles. The number of esters is 1. The van der Waals surface area contributed by atoms with Crippen molar-refractivity contribution in [1.82, 2.24) is 5.32 Å². The van der Waals surface area contributed by atoms with Gasteiger partial charge in [0.25, 0.3) is 0 Å². The zero-order chi connectivity index (χ0) is 15.1. The average molecular weight is 281 g/mol. The van der Waals surface area contributed by atoms with Gasteiger partial charge in [-0.05, 0) is 23.6 Å². The van der Waals surface area contributed by atoms with Crippen LogP contribution >= 0.6 is 0 Å². The molecule has 110 valence electrons. The number of rotatable bonds is 6. The number of hydrogen-bond acceptors (Lipinski definition) is 3. The molecule has 20 heavy (non-hydrogen) atoms. The van der Waals surface area contributed by atoms with Crippen molar-refractivity contribution in [3.8, 4) is 0 Å². The number of amides is 1. The van der Waals surface area contributed by atoms with E-state index in [9.17, 15) is 14.0 Å². The quantitative estimate of drug-likeness (QED) is 0.812. The predicted octanol–water partition coefficient (Wildman–Crippen LogP) is 2.07. The maximum Gasteiger partial charge on any atom is 0.328 e. The maximum absolute atomic E-state index is 12.8. The van der Waals surface area contributed by atoms with Crippen LogP contribution < -0.4 is 5.32 Å². The van der Waals surface area contributed by atoms with Gasteiger partial charge in [0.05, 0.1) is 7.11 Å². The van der Waals surface area contributed by atoms with Crippen LogP contribution in [0.25, 0.3) is 0 Å². The van der Waals surface area contributed by atoms with Gasteiger partial charge in [-0.2, -0.15) is 0 Å². The van der Waals surface area contributed by atoms with Crippen molar-refractivity contribution in [2.75, 3.05) is 7.11 Å². The normalized spacial score (nSPS) is 12.1. The van der Waals surface area contributed by atoms with Crippen LogP contribution in [0.15, 0.2) is 24.3 Å². The van der Waals surface area contributed by atoms with E-state index in [4.69, 9.17) is 0 Å². The smallest absolute Gasteiger partial charge is 0.328 e. The standard InChI is InChI=1S/C15H20FNO3/c1-10(2)8-14(18)17-13(15(19)20-3)9-11-4-6-12(16)7-5-11/h4-7,10,13H,8-9H2,1-3H3,(H,17,18)/t13-/m0/s1. The monoisotopic (exact) mass is 281 g/mol. The Labute approximate surface area is 118 Å². The summed E-state index contributed by atoms with van der Waals surface area (Å²) in [5.74, 6) is -0.838. The summed E-state index contributed by atoms with van der Waals surface area (Å²) in [5, 5.41) is 2.65. The Morgan fingerprint density at radius 3 is 2.35 bits per heavy atom. The Balaban J connectivity index is 2.72. The van der Waals surface area contributed by atoms with Gasteiger partial charge in [0.1, 0.15) is 11.9 Å². The van der Waals surface area contributed by atoms with Gasteiger partial charge in [0, 0.05) is 12.8 Å². The van der Waals surface area contributed by atoms with Crippen molar-refractivity contribution in [3.05, 3.63) is 35.6 Å². The highest BCUT2D eigenvalue weighted by atomic mass is 19.1. The molecule has 4 nitrogen and oxygen atoms in total. The highest BCUT2D eigenvalue weighted by molar-refractivity contribution is 5.84. The van der Waals surface area contributed by atoms with Gasteiger partial charge >= 0.3 is 5.97 Å². The van der Waals surface area contributed by atoms with Gasteiger partial charge in [-0.15, -0.1) is 0 Å². The molecule has 0 aliphatic carbocycles. The minimum absolute atomic E-state index is 0.197. The molecule has 1 aromatic rings. The summed E-state index contributed by atoms with van der Waals surface area (Å²) in [6.45, 7) is 3.85. The van der Waals surface area contributed by atoms with Crippen molar-refractivity contribution in [2.45, 2.75) is 32.7 Å². The zero-order valence-corrected chi connectivity index (χ0v) is 12.0. The summed E-state index contributed by atoms with van der Waals surface area (Å²) in [6.07, 6.45) is 0.619. The number of methoxy groups -OCH3 is 1. The lowest BCUT2D eigenvalue weighted by atomic mass is 10.0. The first kappa shape index (κ1) is 16.1. The first-order valence-electron chi connectivity index (χ1n) is 6.54. The molecule has 5 heteroatoms. The number of benzene rings is 1. The molecule has 1 amide bonds. The molecule has 0 saturated heterocycles. The Bertz CT molecular complexity index is 457. The molecule has 0 spiro atoms. The highest BCUT2D eigenvalue weighted by Crippen LogP contribution is 2.08. The molecule has 0 bridgehead atoms. The molecule has 1 rings (SSSR count). The second-order valence-corrected chi connectivity index (χ2v) is 5.07. The summed E-state index contributed by atoms with van der Waals surface area (Å²) in [5.41, 5.74) is 0.756. The number of carbonyl (C=O) groups is 2. The van der Waals surface area contributed by atoms with Crippen LogP contribution in [0.1, 0.15) is 25.8 Å². The van der Waals surface area contributed by atoms with E-state index in [-0.39, 0.29) is 24.1 Å². The minimum Gasteiger partial charge on any atom is -0.467 e. The molecule has 1 aromatic carbocycles. The van der Waals surface area contributed by atoms with Gasteiger partial charge in [-0.3, -0.25) is 4.79 Å². The van der Waals surface area contributed by atoms with Crippen LogP contribution in [0.5, 0.6) is 0 Å². The van der Waals surface area contributed by atoms with E-state index in [1.165, 1.54) is 19.2 Å². The lowest BCUT2D eigenvalue weighted by Gasteiger charge is -2.17. The summed E-state index contributed by atoms with van der Waals surface area (Å²) in [4.78, 5) is 23.4. The lowest BCUT2D eigenvalue weighted by molar-refractivity contribution is -0.145. The Kier molecular flexibility index (Phi) is 6.15. The van der Waals surface area contributed by atoms with Crippen molar-refractivity contribution in [1.29, 1.82) is 0 Å². The van der Waals surface area contributed by atoms with Crippen LogP contribution in [0, 0.1) is 11.7 Å². The minimum atomic E-state index is -0.753. The second-order valence-electron chi connectivity index (χ2n) is 5.07. The van der Waals surface area contributed by atoms with Gasteiger partial charge in [0.2, 0.25) is 5.91 Å². The van der Waals surface area contributed by atoms with Crippen LogP contribution in [-0.4, -0.2) is 25.0 Å². The summed E-state index contributed by atoms with van der Waals surface area (Å²) < 4.78 is 17.5. The topological polar surface area (TPSA) is 55.4 Å². The molecular weight excluding hydrogens is 261 g/mol. The van der Waals surface area contributed by atoms with Crippen LogP contribution in [0.3, 0.4) is 0 Å². The van der Waals surface area contributed by atoms with Gasteiger partial charge in [0.15, 0.2) is 0 Å². The molecular formula is C15H20FNO3. The largest absolute Gasteiger partial charge is 0.467 e. The lowest BCUT2D eigenvalue weighted by Crippen LogP contribution is -2.43. The Morgan fingerprint density at radius 1 is 1.25 bits per heavy atom. The molecule has 0 aliphatic rings. The second kappa shape index (κ2) is 7.62. The first-order chi connectivity index (χ1) is 9.42. The highest BCUT2D eigenvalue weighted by Gasteiger charge is 2.22. The van der Waals surface area contributed by atoms with Gasteiger partial charge in [-0.1, -0.05) is 26.0 Å². The van der Waals surface area contributed by atoms with E-state index >= 15 is 0 Å². The number of ether oxygens (including phenoxy) is 1. The average Bonchev–Trinajstić information content (AvgIpc) is 2.38. The van der Waals surface area contributed by atoms with Crippen molar-refractivity contribution >= 4 is 11.9 Å². The first-order valence-corrected chi connectivity index (χ1v) is 6.54. The van der Waals surface area contributed by atoms with Crippen LogP contribution in [-0.2, 0) is 20.7 Å². The van der Waals surface area contributed by atoms with Crippen molar-refractivity contribution in [3.63, 3.8) is 0 Å². The number of halogens is 1. The van der Waals surface area contributed by atoms with E-state index < -0.39 is 12.0 Å². The number of nitrogens with one attached hydrogen (secondary N) is 1. The molecule has 0 fully saturated rings. The fraction of sp³-hybridized carbons (Fsp3) is 0.467. The maximum atomic E-state index is 12.8. The molecule has 1 N–H and O–H groups in total. The number of hydrogen-bond donors (Lipinski definition) is 1. The molecule has 0 aliphatic heterocycles. The molecule has 0 aromatic heterocycles. The van der Waals surface area contributed by atoms with Gasteiger partial charge < -0.3 is 10.1 Å². The number of carbonyl (C=O) groups excluding carboxylic acids is 2. The van der Waals surface area contributed by atoms with E-state index in [0.717, 1.165) is 5.56 Å². The third-order valence-corrected chi connectivity index (χ3v) is 2.77. The third kappa shape index (κ3) is 5.38. The molecule has 0 saturated carbocycles. The Hall–Kier alpha value is -1.91. The SMILES string of the molecule is COC(=O)[C@H](Cc1ccc(F)cc1)NC(=O)CC(C)C. The van der Waals surface area contributed by atoms with Gasteiger partial charge in [-0.25, -0.2) is 9.18 Å². The summed E-state index contributed by atoms with van der Waals surface area (Å²) >= 11 is 0. The van der Waals surface area contributed by atoms with Crippen LogP contribution in [0.2, 0.25) is 0 Å². The summed E-state index contributed by atoms with van der Waals surface area (Å²) in [7, 11) is 1.27. The van der Waals surface area contributed by atoms with Crippen molar-refractivity contribution < 1.29 is 18.7 Å². The fourth-order valence-electron chi connectivity index (χ4n) is 1.82. The molecule has 1 atom stereocenters. The zero-order valence-electron chi connectivity index (χ0n) is 12.0. The van der Waals surface area contributed by atoms with Crippen LogP contribution in [0.4, 0.5) is 4.39 Å². The molecule has 0 unspecified atom stereocenters. The van der Waals surface area contributed by atoms with E-state index in [0.29, 0.717) is 6.42 Å². The fourth-order valence-corrected chi connectivity index (χ4v) is 1.82. The van der Waals surface area contributed by atoms with Crippen molar-refractivity contribution in [2.24, 2.45) is 5.92 Å².